The number of carbonyl (C=O) groups excluding carboxylic acids is 1. The molecule has 0 aliphatic carbocycles. The molecule has 0 bridgehead atoms. The van der Waals surface area contributed by atoms with Gasteiger partial charge in [-0.25, -0.2) is 12.8 Å². The molecule has 0 aliphatic heterocycles. The summed E-state index contributed by atoms with van der Waals surface area (Å²) < 4.78 is 39.4. The SMILES string of the molecule is CC[C@H](C(=O)N(C)Cc1ccccc1)N(c1ccc(F)c(Cl)c1)S(C)(=O)=O. The summed E-state index contributed by atoms with van der Waals surface area (Å²) in [6.45, 7) is 2.07. The highest BCUT2D eigenvalue weighted by atomic mass is 35.5. The lowest BCUT2D eigenvalue weighted by molar-refractivity contribution is -0.131. The third kappa shape index (κ3) is 5.20. The Hall–Kier alpha value is -2.12. The van der Waals surface area contributed by atoms with Gasteiger partial charge >= 0.3 is 0 Å². The minimum atomic E-state index is -3.81. The first-order chi connectivity index (χ1) is 12.6. The molecule has 0 aliphatic rings. The number of hydrogen-bond donors (Lipinski definition) is 0. The highest BCUT2D eigenvalue weighted by Gasteiger charge is 2.33. The Morgan fingerprint density at radius 3 is 2.33 bits per heavy atom. The summed E-state index contributed by atoms with van der Waals surface area (Å²) in [6, 6.07) is 12.0. The summed E-state index contributed by atoms with van der Waals surface area (Å²) in [6.07, 6.45) is 1.26. The standard InChI is InChI=1S/C19H22ClFN2O3S/c1-4-18(19(24)22(2)13-14-8-6-5-7-9-14)23(27(3,25)26)15-10-11-17(21)16(20)12-15/h5-12,18H,4,13H2,1-3H3/t18-/m1/s1. The van der Waals surface area contributed by atoms with Gasteiger partial charge in [0.25, 0.3) is 0 Å². The zero-order valence-electron chi connectivity index (χ0n) is 15.4. The van der Waals surface area contributed by atoms with Gasteiger partial charge < -0.3 is 4.90 Å². The number of hydrogen-bond acceptors (Lipinski definition) is 3. The van der Waals surface area contributed by atoms with Crippen LogP contribution in [0.25, 0.3) is 0 Å². The average Bonchev–Trinajstić information content (AvgIpc) is 2.61. The van der Waals surface area contributed by atoms with E-state index in [4.69, 9.17) is 11.6 Å². The molecule has 27 heavy (non-hydrogen) atoms. The van der Waals surface area contributed by atoms with E-state index in [2.05, 4.69) is 0 Å². The summed E-state index contributed by atoms with van der Waals surface area (Å²) in [5.41, 5.74) is 1.08. The Kier molecular flexibility index (Phi) is 6.84. The molecule has 0 heterocycles. The van der Waals surface area contributed by atoms with Crippen molar-refractivity contribution in [3.63, 3.8) is 0 Å². The van der Waals surface area contributed by atoms with Crippen molar-refractivity contribution in [3.05, 3.63) is 64.9 Å². The van der Waals surface area contributed by atoms with Crippen LogP contribution < -0.4 is 4.31 Å². The molecule has 0 unspecified atom stereocenters. The summed E-state index contributed by atoms with van der Waals surface area (Å²) in [5, 5.41) is -0.207. The molecular formula is C19H22ClFN2O3S. The maximum atomic E-state index is 13.5. The Balaban J connectivity index is 2.36. The van der Waals surface area contributed by atoms with Crippen molar-refractivity contribution < 1.29 is 17.6 Å². The van der Waals surface area contributed by atoms with Crippen LogP contribution in [0.1, 0.15) is 18.9 Å². The summed E-state index contributed by atoms with van der Waals surface area (Å²) in [7, 11) is -2.18. The minimum absolute atomic E-state index is 0.150. The zero-order valence-corrected chi connectivity index (χ0v) is 17.0. The maximum Gasteiger partial charge on any atom is 0.246 e. The van der Waals surface area contributed by atoms with Crippen LogP contribution in [0.5, 0.6) is 0 Å². The second-order valence-electron chi connectivity index (χ2n) is 6.26. The van der Waals surface area contributed by atoms with Crippen molar-refractivity contribution in [3.8, 4) is 0 Å². The first-order valence-electron chi connectivity index (χ1n) is 8.38. The van der Waals surface area contributed by atoms with Gasteiger partial charge in [-0.2, -0.15) is 0 Å². The topological polar surface area (TPSA) is 57.7 Å². The molecule has 0 spiro atoms. The lowest BCUT2D eigenvalue weighted by Crippen LogP contribution is -2.49. The van der Waals surface area contributed by atoms with E-state index in [0.717, 1.165) is 22.2 Å². The molecule has 2 aromatic carbocycles. The van der Waals surface area contributed by atoms with Crippen molar-refractivity contribution in [2.45, 2.75) is 25.9 Å². The number of anilines is 1. The van der Waals surface area contributed by atoms with Crippen LogP contribution in [0.3, 0.4) is 0 Å². The molecular weight excluding hydrogens is 391 g/mol. The van der Waals surface area contributed by atoms with Crippen LogP contribution >= 0.6 is 11.6 Å². The van der Waals surface area contributed by atoms with Crippen LogP contribution in [-0.4, -0.2) is 38.6 Å². The summed E-state index contributed by atoms with van der Waals surface area (Å²) in [5.74, 6) is -1.01. The molecule has 0 saturated carbocycles. The zero-order chi connectivity index (χ0) is 20.2. The van der Waals surface area contributed by atoms with Gasteiger partial charge in [0.1, 0.15) is 11.9 Å². The fourth-order valence-corrected chi connectivity index (χ4v) is 4.23. The third-order valence-electron chi connectivity index (χ3n) is 4.11. The van der Waals surface area contributed by atoms with E-state index < -0.39 is 21.9 Å². The Morgan fingerprint density at radius 2 is 1.81 bits per heavy atom. The highest BCUT2D eigenvalue weighted by molar-refractivity contribution is 7.92. The smallest absolute Gasteiger partial charge is 0.246 e. The second-order valence-corrected chi connectivity index (χ2v) is 8.53. The van der Waals surface area contributed by atoms with Gasteiger partial charge in [0, 0.05) is 13.6 Å². The molecule has 2 aromatic rings. The molecule has 5 nitrogen and oxygen atoms in total. The second kappa shape index (κ2) is 8.71. The number of benzene rings is 2. The number of amides is 1. The van der Waals surface area contributed by atoms with E-state index in [1.165, 1.54) is 17.0 Å². The predicted molar refractivity (Wildman–Crippen MR) is 106 cm³/mol. The first-order valence-corrected chi connectivity index (χ1v) is 10.6. The molecule has 2 rings (SSSR count). The van der Waals surface area contributed by atoms with E-state index in [1.54, 1.807) is 14.0 Å². The van der Waals surface area contributed by atoms with Gasteiger partial charge in [0.15, 0.2) is 0 Å². The summed E-state index contributed by atoms with van der Waals surface area (Å²) >= 11 is 5.81. The molecule has 1 amide bonds. The first kappa shape index (κ1) is 21.2. The van der Waals surface area contributed by atoms with Crippen LogP contribution in [0.15, 0.2) is 48.5 Å². The minimum Gasteiger partial charge on any atom is -0.340 e. The van der Waals surface area contributed by atoms with Crippen LogP contribution in [0, 0.1) is 5.82 Å². The number of rotatable bonds is 7. The molecule has 146 valence electrons. The average molecular weight is 413 g/mol. The Morgan fingerprint density at radius 1 is 1.19 bits per heavy atom. The quantitative estimate of drug-likeness (QED) is 0.697. The molecule has 0 fully saturated rings. The van der Waals surface area contributed by atoms with Crippen molar-refractivity contribution >= 4 is 33.2 Å². The third-order valence-corrected chi connectivity index (χ3v) is 5.58. The fraction of sp³-hybridized carbons (Fsp3) is 0.316. The number of sulfonamides is 1. The monoisotopic (exact) mass is 412 g/mol. The predicted octanol–water partition coefficient (Wildman–Crippen LogP) is 3.68. The van der Waals surface area contributed by atoms with Crippen molar-refractivity contribution in [2.24, 2.45) is 0 Å². The molecule has 0 saturated heterocycles. The normalized spacial score (nSPS) is 12.5. The summed E-state index contributed by atoms with van der Waals surface area (Å²) in [4.78, 5) is 14.5. The number of nitrogens with zero attached hydrogens (tertiary/aromatic N) is 2. The number of likely N-dealkylation sites (N-methyl/N-ethyl adjacent to an activating group) is 1. The van der Waals surface area contributed by atoms with Crippen LogP contribution in [0.4, 0.5) is 10.1 Å². The molecule has 8 heteroatoms. The van der Waals surface area contributed by atoms with Crippen molar-refractivity contribution in [1.29, 1.82) is 0 Å². The van der Waals surface area contributed by atoms with Gasteiger partial charge in [0.05, 0.1) is 17.0 Å². The maximum absolute atomic E-state index is 13.5. The largest absolute Gasteiger partial charge is 0.340 e. The van der Waals surface area contributed by atoms with Crippen molar-refractivity contribution in [1.82, 2.24) is 4.90 Å². The van der Waals surface area contributed by atoms with Gasteiger partial charge in [0.2, 0.25) is 15.9 Å². The van der Waals surface area contributed by atoms with E-state index >= 15 is 0 Å². The van der Waals surface area contributed by atoms with Crippen LogP contribution in [-0.2, 0) is 21.4 Å². The Bertz CT molecular complexity index is 906. The number of carbonyl (C=O) groups is 1. The van der Waals surface area contributed by atoms with E-state index in [9.17, 15) is 17.6 Å². The van der Waals surface area contributed by atoms with Gasteiger partial charge in [-0.3, -0.25) is 9.10 Å². The molecule has 1 atom stereocenters. The molecule has 0 N–H and O–H groups in total. The van der Waals surface area contributed by atoms with Gasteiger partial charge in [-0.15, -0.1) is 0 Å². The Labute approximate surface area is 164 Å². The van der Waals surface area contributed by atoms with Crippen LogP contribution in [0.2, 0.25) is 5.02 Å². The van der Waals surface area contributed by atoms with E-state index in [0.29, 0.717) is 6.54 Å². The molecule has 0 aromatic heterocycles. The van der Waals surface area contributed by atoms with Crippen molar-refractivity contribution in [2.75, 3.05) is 17.6 Å². The van der Waals surface area contributed by atoms with Gasteiger partial charge in [-0.05, 0) is 30.2 Å². The lowest BCUT2D eigenvalue weighted by atomic mass is 10.1. The van der Waals surface area contributed by atoms with E-state index in [1.807, 2.05) is 30.3 Å². The lowest BCUT2D eigenvalue weighted by Gasteiger charge is -2.33. The highest BCUT2D eigenvalue weighted by Crippen LogP contribution is 2.28. The fourth-order valence-electron chi connectivity index (χ4n) is 2.86. The molecule has 0 radical (unpaired) electrons. The van der Waals surface area contributed by atoms with Gasteiger partial charge in [-0.1, -0.05) is 48.9 Å². The number of halogens is 2. The van der Waals surface area contributed by atoms with E-state index in [-0.39, 0.29) is 23.0 Å².